The highest BCUT2D eigenvalue weighted by Crippen LogP contribution is 2.32. The second-order valence-electron chi connectivity index (χ2n) is 6.82. The molecule has 1 aromatic heterocycles. The Morgan fingerprint density at radius 3 is 2.76 bits per heavy atom. The van der Waals surface area contributed by atoms with Crippen molar-refractivity contribution in [2.75, 3.05) is 20.4 Å². The van der Waals surface area contributed by atoms with E-state index in [4.69, 9.17) is 9.47 Å². The lowest BCUT2D eigenvalue weighted by molar-refractivity contribution is 0.174. The van der Waals surface area contributed by atoms with Crippen molar-refractivity contribution in [1.29, 1.82) is 0 Å². The van der Waals surface area contributed by atoms with Crippen molar-refractivity contribution in [2.24, 2.45) is 4.99 Å². The van der Waals surface area contributed by atoms with Gasteiger partial charge < -0.3 is 20.1 Å². The lowest BCUT2D eigenvalue weighted by atomic mass is 10.1. The van der Waals surface area contributed by atoms with E-state index in [1.165, 1.54) is 11.1 Å². The molecule has 0 amide bonds. The summed E-state index contributed by atoms with van der Waals surface area (Å²) in [5.74, 6) is 2.39. The number of nitrogens with one attached hydrogen (secondary N) is 2. The minimum Gasteiger partial charge on any atom is -0.454 e. The van der Waals surface area contributed by atoms with Crippen LogP contribution in [0.1, 0.15) is 16.7 Å². The lowest BCUT2D eigenvalue weighted by Crippen LogP contribution is -2.37. The van der Waals surface area contributed by atoms with E-state index in [0.29, 0.717) is 13.3 Å². The Morgan fingerprint density at radius 1 is 1.03 bits per heavy atom. The van der Waals surface area contributed by atoms with Crippen LogP contribution in [-0.4, -0.2) is 36.1 Å². The lowest BCUT2D eigenvalue weighted by Gasteiger charge is -2.11. The Kier molecular flexibility index (Phi) is 5.95. The van der Waals surface area contributed by atoms with Crippen molar-refractivity contribution in [2.45, 2.75) is 19.5 Å². The van der Waals surface area contributed by atoms with Gasteiger partial charge in [0.05, 0.1) is 12.7 Å². The minimum atomic E-state index is 0.301. The first-order chi connectivity index (χ1) is 14.3. The first kappa shape index (κ1) is 18.9. The van der Waals surface area contributed by atoms with Gasteiger partial charge in [0.15, 0.2) is 17.5 Å². The molecule has 0 aliphatic carbocycles. The topological polar surface area (TPSA) is 72.7 Å². The summed E-state index contributed by atoms with van der Waals surface area (Å²) in [4.78, 5) is 4.29. The molecule has 1 aliphatic heterocycles. The molecule has 0 bridgehead atoms. The van der Waals surface area contributed by atoms with Gasteiger partial charge in [-0.05, 0) is 29.7 Å². The number of fused-ring (bicyclic) bond motifs is 1. The maximum Gasteiger partial charge on any atom is 0.231 e. The third-order valence-corrected chi connectivity index (χ3v) is 4.70. The summed E-state index contributed by atoms with van der Waals surface area (Å²) in [5, 5.41) is 11.1. The van der Waals surface area contributed by atoms with Gasteiger partial charge in [-0.25, -0.2) is 0 Å². The summed E-state index contributed by atoms with van der Waals surface area (Å²) < 4.78 is 12.7. The molecular formula is C22H25N5O2. The maximum absolute atomic E-state index is 5.43. The average molecular weight is 391 g/mol. The van der Waals surface area contributed by atoms with Gasteiger partial charge in [0, 0.05) is 31.9 Å². The molecule has 150 valence electrons. The molecule has 1 aliphatic rings. The molecule has 3 aromatic rings. The van der Waals surface area contributed by atoms with Crippen molar-refractivity contribution in [3.63, 3.8) is 0 Å². The first-order valence-electron chi connectivity index (χ1n) is 9.68. The minimum absolute atomic E-state index is 0.301. The Bertz CT molecular complexity index is 968. The van der Waals surface area contributed by atoms with E-state index in [9.17, 15) is 0 Å². The van der Waals surface area contributed by atoms with E-state index in [1.54, 1.807) is 7.05 Å². The normalized spacial score (nSPS) is 12.8. The SMILES string of the molecule is CN=C(NCCc1ccc2c(c1)OCO2)NCc1cnn(Cc2ccccc2)c1. The molecule has 0 radical (unpaired) electrons. The zero-order chi connectivity index (χ0) is 19.9. The van der Waals surface area contributed by atoms with Gasteiger partial charge >= 0.3 is 0 Å². The molecule has 0 fully saturated rings. The highest BCUT2D eigenvalue weighted by Gasteiger charge is 2.13. The number of ether oxygens (including phenoxy) is 2. The predicted octanol–water partition coefficient (Wildman–Crippen LogP) is 2.57. The molecule has 0 saturated heterocycles. The molecule has 2 aromatic carbocycles. The van der Waals surface area contributed by atoms with Gasteiger partial charge in [-0.1, -0.05) is 36.4 Å². The largest absolute Gasteiger partial charge is 0.454 e. The first-order valence-corrected chi connectivity index (χ1v) is 9.68. The van der Waals surface area contributed by atoms with Crippen LogP contribution in [0, 0.1) is 0 Å². The fraction of sp³-hybridized carbons (Fsp3) is 0.273. The molecule has 0 unspecified atom stereocenters. The van der Waals surface area contributed by atoms with Crippen LogP contribution in [0.25, 0.3) is 0 Å². The second-order valence-corrected chi connectivity index (χ2v) is 6.82. The van der Waals surface area contributed by atoms with E-state index >= 15 is 0 Å². The third-order valence-electron chi connectivity index (χ3n) is 4.70. The van der Waals surface area contributed by atoms with Gasteiger partial charge in [-0.3, -0.25) is 9.67 Å². The number of guanidine groups is 1. The quantitative estimate of drug-likeness (QED) is 0.478. The van der Waals surface area contributed by atoms with Gasteiger partial charge in [0.2, 0.25) is 6.79 Å². The van der Waals surface area contributed by atoms with E-state index in [0.717, 1.165) is 42.5 Å². The zero-order valence-corrected chi connectivity index (χ0v) is 16.5. The number of aliphatic imine (C=N–C) groups is 1. The third kappa shape index (κ3) is 5.07. The van der Waals surface area contributed by atoms with E-state index < -0.39 is 0 Å². The molecule has 0 saturated carbocycles. The Balaban J connectivity index is 1.22. The van der Waals surface area contributed by atoms with Gasteiger partial charge in [-0.15, -0.1) is 0 Å². The summed E-state index contributed by atoms with van der Waals surface area (Å²) in [5.41, 5.74) is 3.54. The Hall–Kier alpha value is -3.48. The summed E-state index contributed by atoms with van der Waals surface area (Å²) in [6.07, 6.45) is 4.81. The maximum atomic E-state index is 5.43. The number of benzene rings is 2. The monoisotopic (exact) mass is 391 g/mol. The summed E-state index contributed by atoms with van der Waals surface area (Å²) in [6, 6.07) is 16.4. The van der Waals surface area contributed by atoms with Crippen LogP contribution < -0.4 is 20.1 Å². The molecular weight excluding hydrogens is 366 g/mol. The summed E-state index contributed by atoms with van der Waals surface area (Å²) >= 11 is 0. The molecule has 0 spiro atoms. The molecule has 0 atom stereocenters. The molecule has 29 heavy (non-hydrogen) atoms. The van der Waals surface area contributed by atoms with Gasteiger partial charge in [-0.2, -0.15) is 5.10 Å². The number of aromatic nitrogens is 2. The highest BCUT2D eigenvalue weighted by atomic mass is 16.7. The Morgan fingerprint density at radius 2 is 1.90 bits per heavy atom. The Labute approximate surface area is 170 Å². The number of rotatable bonds is 7. The standard InChI is InChI=1S/C22H25N5O2/c1-23-22(24-10-9-17-7-8-20-21(11-17)29-16-28-20)25-12-19-13-26-27(15-19)14-18-5-3-2-4-6-18/h2-8,11,13,15H,9-10,12,14,16H2,1H3,(H2,23,24,25). The summed E-state index contributed by atoms with van der Waals surface area (Å²) in [7, 11) is 1.77. The highest BCUT2D eigenvalue weighted by molar-refractivity contribution is 5.79. The van der Waals surface area contributed by atoms with Gasteiger partial charge in [0.25, 0.3) is 0 Å². The van der Waals surface area contributed by atoms with E-state index in [1.807, 2.05) is 41.2 Å². The van der Waals surface area contributed by atoms with Crippen LogP contribution in [0.5, 0.6) is 11.5 Å². The van der Waals surface area contributed by atoms with Crippen molar-refractivity contribution < 1.29 is 9.47 Å². The van der Waals surface area contributed by atoms with E-state index in [2.05, 4.69) is 45.1 Å². The molecule has 2 heterocycles. The second kappa shape index (κ2) is 9.14. The van der Waals surface area contributed by atoms with Crippen LogP contribution in [0.4, 0.5) is 0 Å². The van der Waals surface area contributed by atoms with Crippen LogP contribution in [0.3, 0.4) is 0 Å². The van der Waals surface area contributed by atoms with Gasteiger partial charge in [0.1, 0.15) is 0 Å². The fourth-order valence-corrected chi connectivity index (χ4v) is 3.18. The molecule has 4 rings (SSSR count). The fourth-order valence-electron chi connectivity index (χ4n) is 3.18. The number of hydrogen-bond acceptors (Lipinski definition) is 4. The summed E-state index contributed by atoms with van der Waals surface area (Å²) in [6.45, 7) is 2.50. The zero-order valence-electron chi connectivity index (χ0n) is 16.5. The van der Waals surface area contributed by atoms with Crippen LogP contribution >= 0.6 is 0 Å². The predicted molar refractivity (Wildman–Crippen MR) is 112 cm³/mol. The smallest absolute Gasteiger partial charge is 0.231 e. The van der Waals surface area contributed by atoms with E-state index in [-0.39, 0.29) is 0 Å². The average Bonchev–Trinajstić information content (AvgIpc) is 3.40. The molecule has 7 heteroatoms. The number of hydrogen-bond donors (Lipinski definition) is 2. The molecule has 7 nitrogen and oxygen atoms in total. The van der Waals surface area contributed by atoms with Crippen molar-refractivity contribution >= 4 is 5.96 Å². The number of nitrogens with zero attached hydrogens (tertiary/aromatic N) is 3. The van der Waals surface area contributed by atoms with Crippen LogP contribution in [0.15, 0.2) is 65.9 Å². The van der Waals surface area contributed by atoms with Crippen molar-refractivity contribution in [3.05, 3.63) is 77.6 Å². The molecule has 2 N–H and O–H groups in total. The van der Waals surface area contributed by atoms with Crippen molar-refractivity contribution in [3.8, 4) is 11.5 Å². The van der Waals surface area contributed by atoms with Crippen LogP contribution in [0.2, 0.25) is 0 Å². The van der Waals surface area contributed by atoms with Crippen LogP contribution in [-0.2, 0) is 19.5 Å². The van der Waals surface area contributed by atoms with Crippen molar-refractivity contribution in [1.82, 2.24) is 20.4 Å².